The topological polar surface area (TPSA) is 38.3 Å². The average molecular weight is 287 g/mol. The highest BCUT2D eigenvalue weighted by atomic mass is 32.2. The zero-order valence-electron chi connectivity index (χ0n) is 12.8. The molecule has 1 rings (SSSR count). The minimum atomic E-state index is -0.546. The monoisotopic (exact) mass is 287 g/mol. The van der Waals surface area contributed by atoms with Crippen LogP contribution in [0.5, 0.6) is 0 Å². The summed E-state index contributed by atoms with van der Waals surface area (Å²) in [5.41, 5.74) is -0.546. The number of carbonyl (C=O) groups is 1. The van der Waals surface area contributed by atoms with Gasteiger partial charge in [0.05, 0.1) is 6.61 Å². The molecule has 0 aromatic carbocycles. The van der Waals surface area contributed by atoms with Crippen LogP contribution in [0, 0.1) is 0 Å². The lowest BCUT2D eigenvalue weighted by molar-refractivity contribution is -0.150. The molecule has 19 heavy (non-hydrogen) atoms. The summed E-state index contributed by atoms with van der Waals surface area (Å²) in [7, 11) is 0. The van der Waals surface area contributed by atoms with Gasteiger partial charge in [0.15, 0.2) is 0 Å². The summed E-state index contributed by atoms with van der Waals surface area (Å²) >= 11 is 2.05. The highest BCUT2D eigenvalue weighted by Gasteiger charge is 2.36. The van der Waals surface area contributed by atoms with Gasteiger partial charge in [-0.3, -0.25) is 4.79 Å². The molecule has 0 saturated heterocycles. The number of hydrogen-bond donors (Lipinski definition) is 1. The Morgan fingerprint density at radius 1 is 1.42 bits per heavy atom. The second-order valence-electron chi connectivity index (χ2n) is 5.64. The van der Waals surface area contributed by atoms with Crippen molar-refractivity contribution in [1.29, 1.82) is 0 Å². The van der Waals surface area contributed by atoms with E-state index in [0.29, 0.717) is 11.9 Å². The zero-order chi connectivity index (χ0) is 14.3. The van der Waals surface area contributed by atoms with E-state index in [9.17, 15) is 4.79 Å². The quantitative estimate of drug-likeness (QED) is 0.695. The zero-order valence-corrected chi connectivity index (χ0v) is 13.6. The minimum Gasteiger partial charge on any atom is -0.465 e. The van der Waals surface area contributed by atoms with Gasteiger partial charge in [0.25, 0.3) is 0 Å². The number of nitrogens with one attached hydrogen (secondary N) is 1. The molecule has 1 N–H and O–H groups in total. The molecule has 4 heteroatoms. The molecule has 3 nitrogen and oxygen atoms in total. The third kappa shape index (κ3) is 5.35. The standard InChI is InChI=1S/C15H29NO2S/c1-5-16-15(4,14(17)18-6-2)11-12(3)19-13-9-7-8-10-13/h12-13,16H,5-11H2,1-4H3. The van der Waals surface area contributed by atoms with Crippen molar-refractivity contribution in [2.75, 3.05) is 13.2 Å². The van der Waals surface area contributed by atoms with Gasteiger partial charge in [-0.05, 0) is 39.7 Å². The maximum atomic E-state index is 12.1. The number of hydrogen-bond acceptors (Lipinski definition) is 4. The van der Waals surface area contributed by atoms with Crippen LogP contribution in [0.2, 0.25) is 0 Å². The molecule has 1 saturated carbocycles. The first kappa shape index (κ1) is 16.8. The highest BCUT2D eigenvalue weighted by Crippen LogP contribution is 2.35. The van der Waals surface area contributed by atoms with Gasteiger partial charge in [-0.25, -0.2) is 0 Å². The molecule has 0 heterocycles. The highest BCUT2D eigenvalue weighted by molar-refractivity contribution is 8.00. The number of esters is 1. The van der Waals surface area contributed by atoms with Crippen molar-refractivity contribution in [2.24, 2.45) is 0 Å². The smallest absolute Gasteiger partial charge is 0.326 e. The summed E-state index contributed by atoms with van der Waals surface area (Å²) in [6.07, 6.45) is 6.25. The number of thioether (sulfide) groups is 1. The van der Waals surface area contributed by atoms with E-state index < -0.39 is 5.54 Å². The van der Waals surface area contributed by atoms with E-state index in [-0.39, 0.29) is 5.97 Å². The summed E-state index contributed by atoms with van der Waals surface area (Å²) in [5.74, 6) is -0.115. The summed E-state index contributed by atoms with van der Waals surface area (Å²) < 4.78 is 5.22. The lowest BCUT2D eigenvalue weighted by Gasteiger charge is -2.31. The fourth-order valence-corrected chi connectivity index (χ4v) is 4.58. The number of ether oxygens (including phenoxy) is 1. The van der Waals surface area contributed by atoms with Gasteiger partial charge >= 0.3 is 5.97 Å². The molecule has 0 aromatic heterocycles. The van der Waals surface area contributed by atoms with Crippen LogP contribution in [0.1, 0.15) is 59.8 Å². The van der Waals surface area contributed by atoms with Crippen LogP contribution in [0.4, 0.5) is 0 Å². The Balaban J connectivity index is 2.52. The molecule has 1 aliphatic carbocycles. The fraction of sp³-hybridized carbons (Fsp3) is 0.933. The van der Waals surface area contributed by atoms with Crippen molar-refractivity contribution >= 4 is 17.7 Å². The third-order valence-corrected chi connectivity index (χ3v) is 5.20. The molecule has 0 spiro atoms. The first-order valence-electron chi connectivity index (χ1n) is 7.59. The Kier molecular flexibility index (Phi) is 7.22. The van der Waals surface area contributed by atoms with E-state index in [2.05, 4.69) is 12.2 Å². The van der Waals surface area contributed by atoms with Crippen LogP contribution in [0.3, 0.4) is 0 Å². The van der Waals surface area contributed by atoms with Gasteiger partial charge in [0, 0.05) is 10.5 Å². The van der Waals surface area contributed by atoms with Crippen LogP contribution < -0.4 is 5.32 Å². The summed E-state index contributed by atoms with van der Waals surface area (Å²) in [6, 6.07) is 0. The maximum absolute atomic E-state index is 12.1. The average Bonchev–Trinajstić information content (AvgIpc) is 2.82. The van der Waals surface area contributed by atoms with E-state index >= 15 is 0 Å². The minimum absolute atomic E-state index is 0.115. The van der Waals surface area contributed by atoms with E-state index in [0.717, 1.165) is 18.2 Å². The summed E-state index contributed by atoms with van der Waals surface area (Å²) in [6.45, 7) is 9.34. The van der Waals surface area contributed by atoms with Crippen molar-refractivity contribution in [3.63, 3.8) is 0 Å². The predicted molar refractivity (Wildman–Crippen MR) is 82.6 cm³/mol. The van der Waals surface area contributed by atoms with Crippen molar-refractivity contribution in [1.82, 2.24) is 5.32 Å². The molecule has 1 fully saturated rings. The van der Waals surface area contributed by atoms with Gasteiger partial charge < -0.3 is 10.1 Å². The fourth-order valence-electron chi connectivity index (χ4n) is 2.88. The van der Waals surface area contributed by atoms with Crippen LogP contribution in [-0.4, -0.2) is 35.2 Å². The number of carbonyl (C=O) groups excluding carboxylic acids is 1. The molecular formula is C15H29NO2S. The van der Waals surface area contributed by atoms with Crippen molar-refractivity contribution in [3.8, 4) is 0 Å². The predicted octanol–water partition coefficient (Wildman–Crippen LogP) is 3.37. The molecule has 0 bridgehead atoms. The summed E-state index contributed by atoms with van der Waals surface area (Å²) in [4.78, 5) is 12.1. The van der Waals surface area contributed by atoms with Crippen molar-refractivity contribution < 1.29 is 9.53 Å². The Hall–Kier alpha value is -0.220. The normalized spacial score (nSPS) is 21.1. The maximum Gasteiger partial charge on any atom is 0.326 e. The number of likely N-dealkylation sites (N-methyl/N-ethyl adjacent to an activating group) is 1. The third-order valence-electron chi connectivity index (χ3n) is 3.72. The van der Waals surface area contributed by atoms with Gasteiger partial charge in [-0.1, -0.05) is 26.7 Å². The first-order valence-corrected chi connectivity index (χ1v) is 8.53. The Bertz CT molecular complexity index is 279. The van der Waals surface area contributed by atoms with Gasteiger partial charge in [-0.15, -0.1) is 0 Å². The van der Waals surface area contributed by atoms with Crippen LogP contribution in [0.15, 0.2) is 0 Å². The van der Waals surface area contributed by atoms with Gasteiger partial charge in [0.2, 0.25) is 0 Å². The first-order chi connectivity index (χ1) is 9.01. The second-order valence-corrected chi connectivity index (χ2v) is 7.38. The Labute approximate surface area is 122 Å². The molecular weight excluding hydrogens is 258 g/mol. The lowest BCUT2D eigenvalue weighted by Crippen LogP contribution is -2.52. The van der Waals surface area contributed by atoms with Gasteiger partial charge in [-0.2, -0.15) is 11.8 Å². The van der Waals surface area contributed by atoms with E-state index in [1.807, 2.05) is 32.5 Å². The lowest BCUT2D eigenvalue weighted by atomic mass is 9.96. The van der Waals surface area contributed by atoms with E-state index in [1.165, 1.54) is 25.7 Å². The molecule has 0 radical (unpaired) electrons. The van der Waals surface area contributed by atoms with Gasteiger partial charge in [0.1, 0.15) is 5.54 Å². The van der Waals surface area contributed by atoms with E-state index in [4.69, 9.17) is 4.74 Å². The molecule has 1 aliphatic rings. The Morgan fingerprint density at radius 3 is 2.58 bits per heavy atom. The molecule has 0 aromatic rings. The van der Waals surface area contributed by atoms with Crippen LogP contribution in [-0.2, 0) is 9.53 Å². The van der Waals surface area contributed by atoms with Crippen molar-refractivity contribution in [3.05, 3.63) is 0 Å². The van der Waals surface area contributed by atoms with E-state index in [1.54, 1.807) is 0 Å². The van der Waals surface area contributed by atoms with Crippen molar-refractivity contribution in [2.45, 2.75) is 75.8 Å². The number of rotatable bonds is 8. The SMILES string of the molecule is CCNC(C)(CC(C)SC1CCCC1)C(=O)OCC. The summed E-state index contributed by atoms with van der Waals surface area (Å²) in [5, 5.41) is 4.59. The Morgan fingerprint density at radius 2 is 2.05 bits per heavy atom. The largest absolute Gasteiger partial charge is 0.465 e. The molecule has 0 aliphatic heterocycles. The molecule has 2 atom stereocenters. The van der Waals surface area contributed by atoms with Crippen LogP contribution >= 0.6 is 11.8 Å². The van der Waals surface area contributed by atoms with Crippen LogP contribution in [0.25, 0.3) is 0 Å². The molecule has 2 unspecified atom stereocenters. The molecule has 112 valence electrons. The molecule has 0 amide bonds. The second kappa shape index (κ2) is 8.15.